The van der Waals surface area contributed by atoms with Crippen molar-refractivity contribution in [2.75, 3.05) is 5.32 Å². The van der Waals surface area contributed by atoms with Crippen molar-refractivity contribution in [1.82, 2.24) is 34.9 Å². The van der Waals surface area contributed by atoms with Crippen LogP contribution in [-0.4, -0.2) is 40.8 Å². The van der Waals surface area contributed by atoms with Gasteiger partial charge in [-0.3, -0.25) is 14.6 Å². The van der Waals surface area contributed by atoms with Crippen LogP contribution >= 0.6 is 0 Å². The van der Waals surface area contributed by atoms with Crippen LogP contribution in [0.4, 0.5) is 5.69 Å². The molecular formula is C20H20N8O2. The summed E-state index contributed by atoms with van der Waals surface area (Å²) in [6.45, 7) is 0. The van der Waals surface area contributed by atoms with Crippen molar-refractivity contribution in [1.29, 1.82) is 0 Å². The highest BCUT2D eigenvalue weighted by Gasteiger charge is 2.23. The van der Waals surface area contributed by atoms with E-state index in [4.69, 9.17) is 9.52 Å². The lowest BCUT2D eigenvalue weighted by molar-refractivity contribution is 0.102. The van der Waals surface area contributed by atoms with Gasteiger partial charge in [0.15, 0.2) is 17.2 Å². The SMILES string of the molecule is O=C(Nc1cn(C2CCCCC2)nc1-c1ncccn1)c1coc(-c2cn[nH]c2)n1. The smallest absolute Gasteiger partial charge is 0.277 e. The zero-order valence-electron chi connectivity index (χ0n) is 16.2. The molecule has 4 aromatic rings. The maximum absolute atomic E-state index is 12.8. The van der Waals surface area contributed by atoms with E-state index in [-0.39, 0.29) is 5.69 Å². The largest absolute Gasteiger partial charge is 0.444 e. The van der Waals surface area contributed by atoms with Crippen LogP contribution < -0.4 is 5.32 Å². The van der Waals surface area contributed by atoms with Gasteiger partial charge >= 0.3 is 0 Å². The van der Waals surface area contributed by atoms with Gasteiger partial charge in [-0.25, -0.2) is 15.0 Å². The first-order valence-electron chi connectivity index (χ1n) is 9.90. The maximum atomic E-state index is 12.8. The van der Waals surface area contributed by atoms with Gasteiger partial charge in [0.05, 0.1) is 23.5 Å². The number of nitrogens with zero attached hydrogens (tertiary/aromatic N) is 6. The van der Waals surface area contributed by atoms with Crippen molar-refractivity contribution in [3.8, 4) is 23.0 Å². The van der Waals surface area contributed by atoms with Gasteiger partial charge in [-0.1, -0.05) is 19.3 Å². The van der Waals surface area contributed by atoms with Crippen molar-refractivity contribution < 1.29 is 9.21 Å². The van der Waals surface area contributed by atoms with E-state index < -0.39 is 5.91 Å². The summed E-state index contributed by atoms with van der Waals surface area (Å²) in [5.74, 6) is 0.383. The van der Waals surface area contributed by atoms with E-state index in [1.807, 2.05) is 10.9 Å². The minimum absolute atomic E-state index is 0.163. The molecule has 1 fully saturated rings. The molecule has 10 heteroatoms. The van der Waals surface area contributed by atoms with E-state index in [2.05, 4.69) is 30.5 Å². The highest BCUT2D eigenvalue weighted by atomic mass is 16.3. The fourth-order valence-electron chi connectivity index (χ4n) is 3.67. The first-order chi connectivity index (χ1) is 14.8. The van der Waals surface area contributed by atoms with Crippen LogP contribution in [0.5, 0.6) is 0 Å². The second-order valence-electron chi connectivity index (χ2n) is 7.21. The Balaban J connectivity index is 1.44. The van der Waals surface area contributed by atoms with E-state index >= 15 is 0 Å². The van der Waals surface area contributed by atoms with E-state index in [1.165, 1.54) is 25.5 Å². The lowest BCUT2D eigenvalue weighted by Gasteiger charge is -2.21. The summed E-state index contributed by atoms with van der Waals surface area (Å²) in [7, 11) is 0. The van der Waals surface area contributed by atoms with Gasteiger partial charge in [0, 0.05) is 24.8 Å². The molecule has 5 rings (SSSR count). The fraction of sp³-hybridized carbons (Fsp3) is 0.300. The molecule has 1 amide bonds. The summed E-state index contributed by atoms with van der Waals surface area (Å²) in [6.07, 6.45) is 15.5. The molecule has 4 aromatic heterocycles. The van der Waals surface area contributed by atoms with Gasteiger partial charge in [0.25, 0.3) is 5.91 Å². The molecule has 0 spiro atoms. The average molecular weight is 404 g/mol. The zero-order valence-corrected chi connectivity index (χ0v) is 16.2. The second kappa shape index (κ2) is 7.90. The van der Waals surface area contributed by atoms with Crippen LogP contribution in [0.1, 0.15) is 48.6 Å². The molecule has 0 unspecified atom stereocenters. The summed E-state index contributed by atoms with van der Waals surface area (Å²) >= 11 is 0. The van der Waals surface area contributed by atoms with Crippen LogP contribution in [0.2, 0.25) is 0 Å². The van der Waals surface area contributed by atoms with Crippen molar-refractivity contribution in [2.45, 2.75) is 38.1 Å². The van der Waals surface area contributed by atoms with Crippen molar-refractivity contribution in [2.24, 2.45) is 0 Å². The average Bonchev–Trinajstić information content (AvgIpc) is 3.55. The number of hydrogen-bond acceptors (Lipinski definition) is 7. The molecule has 1 saturated carbocycles. The number of nitrogens with one attached hydrogen (secondary N) is 2. The number of rotatable bonds is 5. The standard InChI is InChI=1S/C20H20N8O2/c29-19(16-12-30-20(26-16)13-9-23-24-10-13)25-15-11-28(14-5-2-1-3-6-14)27-17(15)18-21-7-4-8-22-18/h4,7-12,14H,1-3,5-6H2,(H,23,24)(H,25,29). The number of hydrogen-bond donors (Lipinski definition) is 2. The molecule has 10 nitrogen and oxygen atoms in total. The molecule has 0 saturated heterocycles. The molecule has 1 aliphatic rings. The summed E-state index contributed by atoms with van der Waals surface area (Å²) in [5.41, 5.74) is 1.91. The molecule has 4 heterocycles. The first kappa shape index (κ1) is 18.2. The Morgan fingerprint density at radius 2 is 2.03 bits per heavy atom. The number of carbonyl (C=O) groups excluding carboxylic acids is 1. The Morgan fingerprint density at radius 1 is 1.20 bits per heavy atom. The van der Waals surface area contributed by atoms with Crippen LogP contribution in [0.15, 0.2) is 47.7 Å². The molecule has 30 heavy (non-hydrogen) atoms. The topological polar surface area (TPSA) is 127 Å². The van der Waals surface area contributed by atoms with E-state index in [9.17, 15) is 4.79 Å². The highest BCUT2D eigenvalue weighted by Crippen LogP contribution is 2.32. The normalized spacial score (nSPS) is 14.7. The lowest BCUT2D eigenvalue weighted by atomic mass is 9.96. The molecule has 1 aliphatic carbocycles. The Morgan fingerprint density at radius 3 is 2.80 bits per heavy atom. The van der Waals surface area contributed by atoms with Gasteiger partial charge in [-0.15, -0.1) is 0 Å². The van der Waals surface area contributed by atoms with Crippen LogP contribution in [-0.2, 0) is 0 Å². The number of aromatic amines is 1. The van der Waals surface area contributed by atoms with Gasteiger partial charge < -0.3 is 9.73 Å². The molecule has 0 atom stereocenters. The third-order valence-electron chi connectivity index (χ3n) is 5.19. The summed E-state index contributed by atoms with van der Waals surface area (Å²) in [5, 5.41) is 14.2. The summed E-state index contributed by atoms with van der Waals surface area (Å²) in [6, 6.07) is 2.05. The zero-order chi connectivity index (χ0) is 20.3. The molecule has 152 valence electrons. The number of aromatic nitrogens is 7. The van der Waals surface area contributed by atoms with Crippen molar-refractivity contribution >= 4 is 11.6 Å². The predicted octanol–water partition coefficient (Wildman–Crippen LogP) is 3.48. The van der Waals surface area contributed by atoms with E-state index in [0.29, 0.717) is 34.7 Å². The second-order valence-corrected chi connectivity index (χ2v) is 7.21. The summed E-state index contributed by atoms with van der Waals surface area (Å²) < 4.78 is 7.34. The molecule has 2 N–H and O–H groups in total. The number of amides is 1. The minimum Gasteiger partial charge on any atom is -0.444 e. The van der Waals surface area contributed by atoms with Gasteiger partial charge in [0.2, 0.25) is 5.89 Å². The Hall–Kier alpha value is -3.82. The van der Waals surface area contributed by atoms with Gasteiger partial charge in [-0.2, -0.15) is 10.2 Å². The number of anilines is 1. The van der Waals surface area contributed by atoms with Gasteiger partial charge in [-0.05, 0) is 18.9 Å². The monoisotopic (exact) mass is 404 g/mol. The molecule has 0 radical (unpaired) electrons. The number of oxazole rings is 1. The lowest BCUT2D eigenvalue weighted by Crippen LogP contribution is -2.14. The van der Waals surface area contributed by atoms with E-state index in [1.54, 1.807) is 30.9 Å². The minimum atomic E-state index is -0.395. The van der Waals surface area contributed by atoms with Crippen LogP contribution in [0, 0.1) is 0 Å². The molecular weight excluding hydrogens is 384 g/mol. The van der Waals surface area contributed by atoms with Crippen LogP contribution in [0.25, 0.3) is 23.0 Å². The molecule has 0 bridgehead atoms. The van der Waals surface area contributed by atoms with Crippen molar-refractivity contribution in [3.05, 3.63) is 49.0 Å². The number of H-pyrrole nitrogens is 1. The first-order valence-corrected chi connectivity index (χ1v) is 9.90. The third-order valence-corrected chi connectivity index (χ3v) is 5.19. The number of carbonyl (C=O) groups is 1. The Bertz CT molecular complexity index is 1130. The molecule has 0 aliphatic heterocycles. The Kier molecular flexibility index (Phi) is 4.80. The van der Waals surface area contributed by atoms with E-state index in [0.717, 1.165) is 12.8 Å². The third kappa shape index (κ3) is 3.59. The van der Waals surface area contributed by atoms with Crippen LogP contribution in [0.3, 0.4) is 0 Å². The summed E-state index contributed by atoms with van der Waals surface area (Å²) in [4.78, 5) is 25.7. The quantitative estimate of drug-likeness (QED) is 0.521. The fourth-order valence-corrected chi connectivity index (χ4v) is 3.67. The Labute approximate surface area is 171 Å². The maximum Gasteiger partial charge on any atom is 0.277 e. The molecule has 0 aromatic carbocycles. The van der Waals surface area contributed by atoms with Crippen molar-refractivity contribution in [3.63, 3.8) is 0 Å². The predicted molar refractivity (Wildman–Crippen MR) is 107 cm³/mol. The highest BCUT2D eigenvalue weighted by molar-refractivity contribution is 6.04. The van der Waals surface area contributed by atoms with Gasteiger partial charge in [0.1, 0.15) is 6.26 Å².